The molecule has 2 saturated carbocycles. The van der Waals surface area contributed by atoms with Gasteiger partial charge < -0.3 is 29.9 Å². The number of hydrogen-bond donors (Lipinski definition) is 2. The van der Waals surface area contributed by atoms with Crippen molar-refractivity contribution in [1.82, 2.24) is 20.1 Å². The summed E-state index contributed by atoms with van der Waals surface area (Å²) in [4.78, 5) is 60.0. The zero-order chi connectivity index (χ0) is 35.3. The number of carbonyl (C=O) groups excluding carboxylic acids is 4. The van der Waals surface area contributed by atoms with E-state index in [1.54, 1.807) is 12.1 Å². The van der Waals surface area contributed by atoms with Gasteiger partial charge in [0.1, 0.15) is 30.4 Å². The van der Waals surface area contributed by atoms with E-state index in [9.17, 15) is 37.6 Å². The van der Waals surface area contributed by atoms with Crippen LogP contribution >= 0.6 is 0 Å². The van der Waals surface area contributed by atoms with Gasteiger partial charge in [-0.1, -0.05) is 20.8 Å². The van der Waals surface area contributed by atoms with Crippen molar-refractivity contribution in [1.29, 1.82) is 5.26 Å². The summed E-state index contributed by atoms with van der Waals surface area (Å²) in [6.07, 6.45) is -3.90. The Bertz CT molecular complexity index is 1480. The second-order valence-electron chi connectivity index (χ2n) is 14.3. The molecule has 1 spiro atoms. The Balaban J connectivity index is 0.000000503. The number of carbonyl (C=O) groups is 4. The maximum Gasteiger partial charge on any atom is 0.414 e. The Hall–Kier alpha value is -4.00. The molecule has 1 aromatic rings. The highest BCUT2D eigenvalue weighted by atomic mass is 19.4. The monoisotopic (exact) mass is 680 g/mol. The van der Waals surface area contributed by atoms with Crippen LogP contribution < -0.4 is 15.4 Å². The van der Waals surface area contributed by atoms with E-state index in [4.69, 9.17) is 4.74 Å². The van der Waals surface area contributed by atoms with Gasteiger partial charge in [0.05, 0.1) is 12.6 Å². The fraction of sp³-hybridized carbons (Fsp3) is 0.688. The molecule has 10 atom stereocenters. The van der Waals surface area contributed by atoms with Gasteiger partial charge in [-0.25, -0.2) is 9.37 Å². The van der Waals surface area contributed by atoms with Crippen LogP contribution in [0.25, 0.3) is 0 Å². The minimum Gasteiger partial charge on any atom is -0.472 e. The van der Waals surface area contributed by atoms with Gasteiger partial charge in [0.25, 0.3) is 5.91 Å². The fourth-order valence-electron chi connectivity index (χ4n) is 7.98. The molecular weight excluding hydrogens is 640 g/mol. The number of anilines is 1. The quantitative estimate of drug-likeness (QED) is 0.356. The van der Waals surface area contributed by atoms with Gasteiger partial charge in [0.2, 0.25) is 23.8 Å². The van der Waals surface area contributed by atoms with Crippen LogP contribution in [-0.4, -0.2) is 101 Å². The van der Waals surface area contributed by atoms with Crippen LogP contribution in [0.3, 0.4) is 0 Å². The summed E-state index contributed by atoms with van der Waals surface area (Å²) < 4.78 is 59.1. The Morgan fingerprint density at radius 1 is 1.25 bits per heavy atom. The lowest BCUT2D eigenvalue weighted by Crippen LogP contribution is -2.59. The van der Waals surface area contributed by atoms with Crippen molar-refractivity contribution in [2.45, 2.75) is 89.1 Å². The Labute approximate surface area is 275 Å². The topological polar surface area (TPSA) is 154 Å². The molecule has 0 aromatic carbocycles. The smallest absolute Gasteiger partial charge is 0.414 e. The molecule has 4 fully saturated rings. The lowest BCUT2D eigenvalue weighted by atomic mass is 9.77. The van der Waals surface area contributed by atoms with Crippen molar-refractivity contribution in [3.63, 3.8) is 0 Å². The molecule has 4 heterocycles. The Morgan fingerprint density at radius 2 is 1.96 bits per heavy atom. The summed E-state index contributed by atoms with van der Waals surface area (Å²) in [5, 5.41) is 15.4. The molecule has 1 aromatic heterocycles. The lowest BCUT2D eigenvalue weighted by Gasteiger charge is -2.38. The highest BCUT2D eigenvalue weighted by molar-refractivity contribution is 6.01. The number of rotatable bonds is 5. The third kappa shape index (κ3) is 6.17. The average molecular weight is 681 g/mol. The summed E-state index contributed by atoms with van der Waals surface area (Å²) in [5.74, 6) is -1.53. The van der Waals surface area contributed by atoms with Crippen molar-refractivity contribution in [3.05, 3.63) is 18.3 Å². The summed E-state index contributed by atoms with van der Waals surface area (Å²) in [6.45, 7) is 6.52. The number of pyridine rings is 1. The zero-order valence-electron chi connectivity index (χ0n) is 27.3. The van der Waals surface area contributed by atoms with E-state index in [0.717, 1.165) is 14.0 Å². The number of fused-ring (bicyclic) bond motifs is 6. The highest BCUT2D eigenvalue weighted by Crippen LogP contribution is 2.59. The number of likely N-dealkylation sites (tertiary alicyclic amines) is 2. The van der Waals surface area contributed by atoms with Gasteiger partial charge in [0, 0.05) is 26.3 Å². The van der Waals surface area contributed by atoms with E-state index in [1.807, 2.05) is 20.8 Å². The second kappa shape index (κ2) is 12.8. The summed E-state index contributed by atoms with van der Waals surface area (Å²) in [6, 6.07) is 2.57. The van der Waals surface area contributed by atoms with E-state index in [2.05, 4.69) is 26.4 Å². The molecule has 4 amide bonds. The molecule has 12 nitrogen and oxygen atoms in total. The largest absolute Gasteiger partial charge is 0.472 e. The van der Waals surface area contributed by atoms with Crippen LogP contribution in [0.2, 0.25) is 0 Å². The summed E-state index contributed by atoms with van der Waals surface area (Å²) in [5.41, 5.74) is -2.14. The number of nitrogens with one attached hydrogen (secondary N) is 2. The molecule has 48 heavy (non-hydrogen) atoms. The van der Waals surface area contributed by atoms with Crippen LogP contribution in [0, 0.1) is 40.4 Å². The third-order valence-electron chi connectivity index (χ3n) is 10.4. The van der Waals surface area contributed by atoms with Crippen molar-refractivity contribution in [3.8, 4) is 11.8 Å². The van der Waals surface area contributed by atoms with Crippen LogP contribution in [0.15, 0.2) is 18.3 Å². The maximum atomic E-state index is 15.1. The maximum absolute atomic E-state index is 15.1. The normalized spacial score (nSPS) is 33.0. The Morgan fingerprint density at radius 3 is 2.54 bits per heavy atom. The van der Waals surface area contributed by atoms with Gasteiger partial charge in [-0.3, -0.25) is 19.2 Å². The molecule has 262 valence electrons. The zero-order valence-corrected chi connectivity index (χ0v) is 27.3. The van der Waals surface area contributed by atoms with Crippen LogP contribution in [-0.2, 0) is 23.9 Å². The van der Waals surface area contributed by atoms with Gasteiger partial charge in [0.15, 0.2) is 11.6 Å². The van der Waals surface area contributed by atoms with E-state index in [-0.39, 0.29) is 43.1 Å². The fourth-order valence-corrected chi connectivity index (χ4v) is 7.98. The van der Waals surface area contributed by atoms with Crippen molar-refractivity contribution in [2.75, 3.05) is 25.5 Å². The number of nitriles is 1. The average Bonchev–Trinajstić information content (AvgIpc) is 3.78. The van der Waals surface area contributed by atoms with Gasteiger partial charge in [-0.2, -0.15) is 18.4 Å². The van der Waals surface area contributed by atoms with E-state index < -0.39 is 71.2 Å². The predicted molar refractivity (Wildman–Crippen MR) is 161 cm³/mol. The molecule has 2 saturated heterocycles. The van der Waals surface area contributed by atoms with Gasteiger partial charge >= 0.3 is 6.18 Å². The molecule has 0 radical (unpaired) electrons. The number of halogens is 4. The first kappa shape index (κ1) is 35.3. The number of nitrogens with zero attached hydrogens (tertiary/aromatic N) is 4. The molecular formula is C32H40F4N6O6. The molecule has 5 aliphatic rings. The first-order chi connectivity index (χ1) is 22.5. The molecule has 6 rings (SSSR count). The number of hydrogen-bond acceptors (Lipinski definition) is 8. The van der Waals surface area contributed by atoms with E-state index in [1.165, 1.54) is 16.0 Å². The molecule has 2 N–H and O–H groups in total. The van der Waals surface area contributed by atoms with Gasteiger partial charge in [-0.05, 0) is 61.0 Å². The van der Waals surface area contributed by atoms with Crippen LogP contribution in [0.4, 0.5) is 23.4 Å². The SMILES string of the molecule is CC(C)(C)C(NC=O)C(=O)N1CC2C3CC(F)C(C3)C2C1C(=O)N1CC2(CC1C#N)Oc1cccnc1NC2=O.COC(C)C(F)(F)F. The number of aromatic nitrogens is 1. The molecule has 10 unspecified atom stereocenters. The Kier molecular flexibility index (Phi) is 9.41. The summed E-state index contributed by atoms with van der Waals surface area (Å²) >= 11 is 0. The molecule has 16 heteroatoms. The molecule has 2 bridgehead atoms. The standard InChI is InChI=1S/C28H33FN6O5.C4H7F3O/c1-27(2,3)22(32-13-36)25(38)34-11-17-14-7-16(18(29)8-14)20(17)21(34)24(37)35-12-28(9-15(35)10-30)26(39)33-23-19(40-28)5-4-6-31-23;1-3(8-2)4(5,6)7/h4-6,13-18,20-22H,7-9,11-12H2,1-3H3,(H,32,36)(H,31,33,39);3H,1-2H3. The predicted octanol–water partition coefficient (Wildman–Crippen LogP) is 2.84. The minimum absolute atomic E-state index is 0.0453. The second-order valence-corrected chi connectivity index (χ2v) is 14.3. The van der Waals surface area contributed by atoms with Crippen LogP contribution in [0.1, 0.15) is 47.0 Å². The molecule has 2 aliphatic carbocycles. The minimum atomic E-state index is -4.21. The number of methoxy groups -OCH3 is 1. The van der Waals surface area contributed by atoms with Crippen LogP contribution in [0.5, 0.6) is 5.75 Å². The number of alkyl halides is 4. The first-order valence-electron chi connectivity index (χ1n) is 15.9. The lowest BCUT2D eigenvalue weighted by molar-refractivity contribution is -0.206. The number of amides is 4. The highest BCUT2D eigenvalue weighted by Gasteiger charge is 2.65. The molecule has 3 aliphatic heterocycles. The number of ether oxygens (including phenoxy) is 2. The third-order valence-corrected chi connectivity index (χ3v) is 10.4. The van der Waals surface area contributed by atoms with Crippen molar-refractivity contribution < 1.29 is 46.2 Å². The first-order valence-corrected chi connectivity index (χ1v) is 15.9. The van der Waals surface area contributed by atoms with E-state index >= 15 is 4.39 Å². The van der Waals surface area contributed by atoms with Gasteiger partial charge in [-0.15, -0.1) is 0 Å². The van der Waals surface area contributed by atoms with Crippen molar-refractivity contribution in [2.24, 2.45) is 29.1 Å². The van der Waals surface area contributed by atoms with Crippen molar-refractivity contribution >= 4 is 29.9 Å². The summed E-state index contributed by atoms with van der Waals surface area (Å²) in [7, 11) is 1.03. The van der Waals surface area contributed by atoms with E-state index in [0.29, 0.717) is 25.0 Å².